The molecule has 1 heterocycles. The van der Waals surface area contributed by atoms with Gasteiger partial charge in [0, 0.05) is 32.3 Å². The Morgan fingerprint density at radius 1 is 0.964 bits per heavy atom. The van der Waals surface area contributed by atoms with E-state index in [0.29, 0.717) is 31.9 Å². The van der Waals surface area contributed by atoms with Crippen LogP contribution in [0.25, 0.3) is 6.08 Å². The topological polar surface area (TPSA) is 70.1 Å². The fraction of sp³-hybridized carbons (Fsp3) is 0.273. The molecular weight excluding hydrogens is 356 g/mol. The second-order valence-electron chi connectivity index (χ2n) is 6.65. The third-order valence-electron chi connectivity index (χ3n) is 4.62. The molecule has 146 valence electrons. The Morgan fingerprint density at radius 3 is 2.21 bits per heavy atom. The first-order chi connectivity index (χ1) is 13.5. The third-order valence-corrected chi connectivity index (χ3v) is 4.62. The highest BCUT2D eigenvalue weighted by atomic mass is 16.5. The van der Waals surface area contributed by atoms with Gasteiger partial charge in [-0.3, -0.25) is 9.59 Å². The summed E-state index contributed by atoms with van der Waals surface area (Å²) in [6.45, 7) is 3.65. The van der Waals surface area contributed by atoms with Gasteiger partial charge in [-0.25, -0.2) is 0 Å². The average molecular weight is 380 g/mol. The van der Waals surface area contributed by atoms with Crippen LogP contribution in [0, 0.1) is 0 Å². The number of carbonyl (C=O) groups is 2. The minimum Gasteiger partial charge on any atom is -0.508 e. The molecule has 0 bridgehead atoms. The number of aromatic hydroxyl groups is 1. The van der Waals surface area contributed by atoms with E-state index >= 15 is 0 Å². The summed E-state index contributed by atoms with van der Waals surface area (Å²) in [5, 5.41) is 9.31. The Bertz CT molecular complexity index is 825. The third kappa shape index (κ3) is 5.13. The summed E-state index contributed by atoms with van der Waals surface area (Å²) in [7, 11) is 0. The van der Waals surface area contributed by atoms with Crippen molar-refractivity contribution >= 4 is 17.9 Å². The smallest absolute Gasteiger partial charge is 0.263 e. The molecule has 6 nitrogen and oxygen atoms in total. The van der Waals surface area contributed by atoms with Crippen molar-refractivity contribution in [2.24, 2.45) is 0 Å². The van der Waals surface area contributed by atoms with Crippen molar-refractivity contribution < 1.29 is 19.4 Å². The number of phenolic OH excluding ortho intramolecular Hbond substituents is 1. The highest BCUT2D eigenvalue weighted by molar-refractivity contribution is 5.92. The zero-order valence-electron chi connectivity index (χ0n) is 15.8. The quantitative estimate of drug-likeness (QED) is 0.810. The van der Waals surface area contributed by atoms with Crippen molar-refractivity contribution in [3.63, 3.8) is 0 Å². The van der Waals surface area contributed by atoms with Crippen LogP contribution >= 0.6 is 0 Å². The van der Waals surface area contributed by atoms with Gasteiger partial charge < -0.3 is 19.6 Å². The number of benzene rings is 2. The van der Waals surface area contributed by atoms with Gasteiger partial charge in [-0.1, -0.05) is 30.3 Å². The maximum Gasteiger partial charge on any atom is 0.263 e. The molecule has 1 fully saturated rings. The molecule has 6 heteroatoms. The Labute approximate surface area is 164 Å². The first-order valence-electron chi connectivity index (χ1n) is 9.29. The first-order valence-corrected chi connectivity index (χ1v) is 9.29. The van der Waals surface area contributed by atoms with Gasteiger partial charge in [-0.2, -0.15) is 0 Å². The molecule has 2 aromatic carbocycles. The monoisotopic (exact) mass is 380 g/mol. The fourth-order valence-corrected chi connectivity index (χ4v) is 3.02. The molecule has 1 aliphatic rings. The summed E-state index contributed by atoms with van der Waals surface area (Å²) in [4.78, 5) is 28.4. The summed E-state index contributed by atoms with van der Waals surface area (Å²) in [5.41, 5.74) is 0.977. The molecule has 0 aliphatic carbocycles. The van der Waals surface area contributed by atoms with E-state index in [4.69, 9.17) is 4.74 Å². The molecule has 1 aliphatic heterocycles. The van der Waals surface area contributed by atoms with E-state index in [-0.39, 0.29) is 17.6 Å². The number of hydrogen-bond donors (Lipinski definition) is 1. The number of amides is 2. The van der Waals surface area contributed by atoms with Crippen molar-refractivity contribution in [3.8, 4) is 11.5 Å². The van der Waals surface area contributed by atoms with Crippen LogP contribution in [-0.4, -0.2) is 59.0 Å². The van der Waals surface area contributed by atoms with Gasteiger partial charge >= 0.3 is 0 Å². The number of hydrogen-bond acceptors (Lipinski definition) is 4. The van der Waals surface area contributed by atoms with Crippen molar-refractivity contribution in [1.82, 2.24) is 9.80 Å². The minimum atomic E-state index is -0.634. The Kier molecular flexibility index (Phi) is 6.32. The van der Waals surface area contributed by atoms with Crippen LogP contribution in [0.3, 0.4) is 0 Å². The van der Waals surface area contributed by atoms with Gasteiger partial charge in [0.2, 0.25) is 5.91 Å². The molecule has 1 unspecified atom stereocenters. The van der Waals surface area contributed by atoms with Crippen molar-refractivity contribution in [3.05, 3.63) is 66.2 Å². The molecule has 3 rings (SSSR count). The van der Waals surface area contributed by atoms with E-state index in [1.807, 2.05) is 30.3 Å². The SMILES string of the molecule is CC(Oc1ccc(O)cc1)C(=O)N1CCN(C(=O)/C=C/c2ccccc2)CC1. The largest absolute Gasteiger partial charge is 0.508 e. The Morgan fingerprint density at radius 2 is 1.57 bits per heavy atom. The summed E-state index contributed by atoms with van der Waals surface area (Å²) >= 11 is 0. The van der Waals surface area contributed by atoms with Crippen LogP contribution in [0.4, 0.5) is 0 Å². The molecule has 2 amide bonds. The van der Waals surface area contributed by atoms with Crippen LogP contribution in [0.15, 0.2) is 60.7 Å². The number of nitrogens with zero attached hydrogens (tertiary/aromatic N) is 2. The summed E-state index contributed by atoms with van der Waals surface area (Å²) in [6, 6.07) is 15.9. The summed E-state index contributed by atoms with van der Waals surface area (Å²) in [6.07, 6.45) is 2.74. The molecule has 1 atom stereocenters. The van der Waals surface area contributed by atoms with Gasteiger partial charge in [0.15, 0.2) is 6.10 Å². The Hall–Kier alpha value is -3.28. The van der Waals surface area contributed by atoms with E-state index in [9.17, 15) is 14.7 Å². The van der Waals surface area contributed by atoms with Gasteiger partial charge in [-0.15, -0.1) is 0 Å². The fourth-order valence-electron chi connectivity index (χ4n) is 3.02. The number of carbonyl (C=O) groups excluding carboxylic acids is 2. The molecule has 0 spiro atoms. The molecule has 0 radical (unpaired) electrons. The second-order valence-corrected chi connectivity index (χ2v) is 6.65. The number of phenols is 1. The zero-order valence-corrected chi connectivity index (χ0v) is 15.8. The lowest BCUT2D eigenvalue weighted by Gasteiger charge is -2.35. The van der Waals surface area contributed by atoms with Crippen LogP contribution in [0.1, 0.15) is 12.5 Å². The number of rotatable bonds is 5. The standard InChI is InChI=1S/C22H24N2O4/c1-17(28-20-10-8-19(25)9-11-20)22(27)24-15-13-23(14-16-24)21(26)12-7-18-5-3-2-4-6-18/h2-12,17,25H,13-16H2,1H3/b12-7+. The molecule has 28 heavy (non-hydrogen) atoms. The number of ether oxygens (including phenoxy) is 1. The lowest BCUT2D eigenvalue weighted by Crippen LogP contribution is -2.53. The summed E-state index contributed by atoms with van der Waals surface area (Å²) in [5.74, 6) is 0.510. The van der Waals surface area contributed by atoms with Crippen molar-refractivity contribution in [1.29, 1.82) is 0 Å². The van der Waals surface area contributed by atoms with E-state index in [1.165, 1.54) is 12.1 Å². The maximum absolute atomic E-state index is 12.6. The van der Waals surface area contributed by atoms with Crippen LogP contribution in [0.5, 0.6) is 11.5 Å². The van der Waals surface area contributed by atoms with Gasteiger partial charge in [0.25, 0.3) is 5.91 Å². The lowest BCUT2D eigenvalue weighted by atomic mass is 10.2. The van der Waals surface area contributed by atoms with Gasteiger partial charge in [0.05, 0.1) is 0 Å². The Balaban J connectivity index is 1.48. The van der Waals surface area contributed by atoms with E-state index < -0.39 is 6.10 Å². The first kappa shape index (κ1) is 19.5. The molecule has 0 saturated carbocycles. The average Bonchev–Trinajstić information content (AvgIpc) is 2.74. The molecule has 2 aromatic rings. The number of piperazine rings is 1. The normalized spacial score (nSPS) is 15.5. The molecule has 1 saturated heterocycles. The second kappa shape index (κ2) is 9.08. The van der Waals surface area contributed by atoms with Crippen molar-refractivity contribution in [2.75, 3.05) is 26.2 Å². The van der Waals surface area contributed by atoms with Crippen LogP contribution in [-0.2, 0) is 9.59 Å². The minimum absolute atomic E-state index is 0.0515. The van der Waals surface area contributed by atoms with Crippen LogP contribution in [0.2, 0.25) is 0 Å². The maximum atomic E-state index is 12.6. The molecule has 1 N–H and O–H groups in total. The predicted octanol–water partition coefficient (Wildman–Crippen LogP) is 2.54. The van der Waals surface area contributed by atoms with Crippen LogP contribution < -0.4 is 4.74 Å². The predicted molar refractivity (Wildman–Crippen MR) is 107 cm³/mol. The molecular formula is C22H24N2O4. The van der Waals surface area contributed by atoms with E-state index in [1.54, 1.807) is 41.0 Å². The zero-order chi connectivity index (χ0) is 19.9. The lowest BCUT2D eigenvalue weighted by molar-refractivity contribution is -0.142. The summed E-state index contributed by atoms with van der Waals surface area (Å²) < 4.78 is 5.65. The van der Waals surface area contributed by atoms with E-state index in [2.05, 4.69) is 0 Å². The van der Waals surface area contributed by atoms with Gasteiger partial charge in [-0.05, 0) is 42.8 Å². The van der Waals surface area contributed by atoms with Gasteiger partial charge in [0.1, 0.15) is 11.5 Å². The molecule has 0 aromatic heterocycles. The van der Waals surface area contributed by atoms with E-state index in [0.717, 1.165) is 5.56 Å². The highest BCUT2D eigenvalue weighted by Gasteiger charge is 2.27. The highest BCUT2D eigenvalue weighted by Crippen LogP contribution is 2.18. The van der Waals surface area contributed by atoms with Crippen molar-refractivity contribution in [2.45, 2.75) is 13.0 Å².